The lowest BCUT2D eigenvalue weighted by Crippen LogP contribution is -3.00. The van der Waals surface area contributed by atoms with Gasteiger partial charge in [0.25, 0.3) is 0 Å². The minimum absolute atomic E-state index is 0. The summed E-state index contributed by atoms with van der Waals surface area (Å²) in [4.78, 5) is 0. The van der Waals surface area contributed by atoms with E-state index in [-0.39, 0.29) is 17.0 Å². The van der Waals surface area contributed by atoms with Gasteiger partial charge in [0, 0.05) is 0 Å². The molecular weight excluding hydrogens is 442 g/mol. The van der Waals surface area contributed by atoms with Gasteiger partial charge in [0.15, 0.2) is 0 Å². The van der Waals surface area contributed by atoms with Crippen LogP contribution in [0.2, 0.25) is 0 Å². The fourth-order valence-corrected chi connectivity index (χ4v) is 5.44. The molecule has 0 aromatic rings. The van der Waals surface area contributed by atoms with Gasteiger partial charge in [0.05, 0.1) is 26.2 Å². The van der Waals surface area contributed by atoms with Crippen LogP contribution < -0.4 is 17.0 Å². The maximum atomic E-state index is 2.37. The molecule has 0 radical (unpaired) electrons. The fraction of sp³-hybridized carbons (Fsp3) is 1.00. The molecule has 0 atom stereocenters. The van der Waals surface area contributed by atoms with Crippen molar-refractivity contribution in [1.29, 1.82) is 0 Å². The van der Waals surface area contributed by atoms with Crippen molar-refractivity contribution in [2.75, 3.05) is 26.2 Å². The van der Waals surface area contributed by atoms with Gasteiger partial charge in [0.2, 0.25) is 0 Å². The average molecular weight is 505 g/mol. The second-order valence-electron chi connectivity index (χ2n) is 10.2. The van der Waals surface area contributed by atoms with Crippen molar-refractivity contribution < 1.29 is 21.5 Å². The number of hydrogen-bond donors (Lipinski definition) is 0. The molecule has 1 nitrogen and oxygen atoms in total. The van der Waals surface area contributed by atoms with Crippen LogP contribution in [0.15, 0.2) is 0 Å². The van der Waals surface area contributed by atoms with Crippen molar-refractivity contribution in [3.05, 3.63) is 0 Å². The Morgan fingerprint density at radius 3 is 0.806 bits per heavy atom. The molecule has 0 saturated carbocycles. The maximum Gasteiger partial charge on any atom is 0.0786 e. The van der Waals surface area contributed by atoms with Crippen LogP contribution in [0, 0.1) is 0 Å². The first-order chi connectivity index (χ1) is 14.7. The predicted molar refractivity (Wildman–Crippen MR) is 139 cm³/mol. The highest BCUT2D eigenvalue weighted by molar-refractivity contribution is 4.52. The number of nitrogens with zero attached hydrogens (tertiary/aromatic N) is 1. The molecule has 190 valence electrons. The molecule has 0 unspecified atom stereocenters. The van der Waals surface area contributed by atoms with Crippen molar-refractivity contribution in [1.82, 2.24) is 0 Å². The van der Waals surface area contributed by atoms with Gasteiger partial charge in [-0.1, -0.05) is 130 Å². The minimum atomic E-state index is 0. The zero-order valence-corrected chi connectivity index (χ0v) is 24.1. The van der Waals surface area contributed by atoms with Crippen LogP contribution in [0.1, 0.15) is 163 Å². The summed E-state index contributed by atoms with van der Waals surface area (Å²) in [7, 11) is 0. The van der Waals surface area contributed by atoms with E-state index in [1.807, 2.05) is 0 Å². The molecule has 0 aromatic carbocycles. The second kappa shape index (κ2) is 26.7. The third-order valence-electron chi connectivity index (χ3n) is 7.08. The van der Waals surface area contributed by atoms with E-state index in [0.717, 1.165) is 0 Å². The summed E-state index contributed by atoms with van der Waals surface area (Å²) in [6.07, 6.45) is 30.5. The lowest BCUT2D eigenvalue weighted by molar-refractivity contribution is -0.928. The summed E-state index contributed by atoms with van der Waals surface area (Å²) in [5.41, 5.74) is 0. The van der Waals surface area contributed by atoms with Crippen LogP contribution in [0.25, 0.3) is 0 Å². The van der Waals surface area contributed by atoms with Crippen molar-refractivity contribution in [2.24, 2.45) is 0 Å². The van der Waals surface area contributed by atoms with Gasteiger partial charge in [-0.15, -0.1) is 0 Å². The molecule has 0 aromatic heterocycles. The Balaban J connectivity index is 0. The highest BCUT2D eigenvalue weighted by Gasteiger charge is 2.23. The molecule has 0 fully saturated rings. The number of hydrogen-bond acceptors (Lipinski definition) is 0. The zero-order chi connectivity index (χ0) is 22.2. The highest BCUT2D eigenvalue weighted by atomic mass is 79.9. The van der Waals surface area contributed by atoms with Gasteiger partial charge in [-0.25, -0.2) is 0 Å². The quantitative estimate of drug-likeness (QED) is 0.0921. The van der Waals surface area contributed by atoms with Crippen molar-refractivity contribution in [2.45, 2.75) is 163 Å². The summed E-state index contributed by atoms with van der Waals surface area (Å²) in [6.45, 7) is 15.1. The van der Waals surface area contributed by atoms with Crippen LogP contribution in [-0.2, 0) is 0 Å². The van der Waals surface area contributed by atoms with Gasteiger partial charge >= 0.3 is 0 Å². The molecule has 0 amide bonds. The minimum Gasteiger partial charge on any atom is -1.00 e. The molecule has 0 bridgehead atoms. The van der Waals surface area contributed by atoms with E-state index in [2.05, 4.69) is 27.7 Å². The molecule has 0 N–H and O–H groups in total. The molecule has 0 aliphatic carbocycles. The normalized spacial score (nSPS) is 11.6. The first kappa shape index (κ1) is 33.6. The Morgan fingerprint density at radius 1 is 0.290 bits per heavy atom. The summed E-state index contributed by atoms with van der Waals surface area (Å²) in [6, 6.07) is 0. The maximum absolute atomic E-state index is 2.37. The Hall–Kier alpha value is 0.440. The summed E-state index contributed by atoms with van der Waals surface area (Å²) < 4.78 is 1.41. The standard InChI is InChI=1S/C29H62N.BrH/c1-5-9-10-11-12-13-14-15-16-17-18-19-20-21-22-23-24-25-29-30(26-6-2,27-7-3)28-8-4;/h5-29H2,1-4H3;1H/q+1;/p-1. The van der Waals surface area contributed by atoms with Crippen LogP contribution in [-0.4, -0.2) is 30.7 Å². The summed E-state index contributed by atoms with van der Waals surface area (Å²) in [5.74, 6) is 0. The van der Waals surface area contributed by atoms with Crippen LogP contribution in [0.5, 0.6) is 0 Å². The lowest BCUT2D eigenvalue weighted by Gasteiger charge is -2.38. The first-order valence-electron chi connectivity index (χ1n) is 14.6. The van der Waals surface area contributed by atoms with Crippen molar-refractivity contribution in [3.8, 4) is 0 Å². The van der Waals surface area contributed by atoms with Crippen molar-refractivity contribution in [3.63, 3.8) is 0 Å². The molecule has 0 aliphatic heterocycles. The fourth-order valence-electron chi connectivity index (χ4n) is 5.44. The predicted octanol–water partition coefficient (Wildman–Crippen LogP) is 7.08. The smallest absolute Gasteiger partial charge is 0.0786 e. The van der Waals surface area contributed by atoms with Gasteiger partial charge in [-0.05, 0) is 32.1 Å². The number of unbranched alkanes of at least 4 members (excludes halogenated alkanes) is 17. The van der Waals surface area contributed by atoms with E-state index in [1.54, 1.807) is 0 Å². The number of rotatable bonds is 25. The van der Waals surface area contributed by atoms with Crippen molar-refractivity contribution >= 4 is 0 Å². The molecule has 0 spiro atoms. The van der Waals surface area contributed by atoms with Gasteiger partial charge in [0.1, 0.15) is 0 Å². The molecule has 0 rings (SSSR count). The Labute approximate surface area is 209 Å². The van der Waals surface area contributed by atoms with Crippen LogP contribution >= 0.6 is 0 Å². The van der Waals surface area contributed by atoms with Gasteiger partial charge < -0.3 is 21.5 Å². The Bertz CT molecular complexity index is 301. The molecular formula is C29H62BrN. The Morgan fingerprint density at radius 2 is 0.548 bits per heavy atom. The molecule has 31 heavy (non-hydrogen) atoms. The zero-order valence-electron chi connectivity index (χ0n) is 22.5. The SMILES string of the molecule is CCCCCCCCCCCCCCCCCCCC[N+](CCC)(CCC)CCC.[Br-]. The summed E-state index contributed by atoms with van der Waals surface area (Å²) >= 11 is 0. The first-order valence-corrected chi connectivity index (χ1v) is 14.6. The molecule has 0 aliphatic rings. The number of halogens is 1. The molecule has 0 heterocycles. The highest BCUT2D eigenvalue weighted by Crippen LogP contribution is 2.17. The van der Waals surface area contributed by atoms with Gasteiger partial charge in [-0.2, -0.15) is 0 Å². The van der Waals surface area contributed by atoms with E-state index < -0.39 is 0 Å². The Kier molecular flexibility index (Phi) is 28.9. The molecule has 2 heteroatoms. The molecule has 0 saturated heterocycles. The second-order valence-corrected chi connectivity index (χ2v) is 10.2. The van der Waals surface area contributed by atoms with E-state index in [0.29, 0.717) is 0 Å². The third-order valence-corrected chi connectivity index (χ3v) is 7.08. The van der Waals surface area contributed by atoms with Gasteiger partial charge in [-0.3, -0.25) is 0 Å². The third kappa shape index (κ3) is 22.0. The van der Waals surface area contributed by atoms with Crippen LogP contribution in [0.4, 0.5) is 0 Å². The van der Waals surface area contributed by atoms with E-state index >= 15 is 0 Å². The largest absolute Gasteiger partial charge is 1.00 e. The monoisotopic (exact) mass is 503 g/mol. The van der Waals surface area contributed by atoms with E-state index in [9.17, 15) is 0 Å². The average Bonchev–Trinajstić information content (AvgIpc) is 2.73. The number of quaternary nitrogens is 1. The van der Waals surface area contributed by atoms with E-state index in [4.69, 9.17) is 0 Å². The summed E-state index contributed by atoms with van der Waals surface area (Å²) in [5, 5.41) is 0. The van der Waals surface area contributed by atoms with E-state index in [1.165, 1.54) is 165 Å². The lowest BCUT2D eigenvalue weighted by atomic mass is 10.0. The van der Waals surface area contributed by atoms with Crippen LogP contribution in [0.3, 0.4) is 0 Å². The topological polar surface area (TPSA) is 0 Å².